The normalized spacial score (nSPS) is 18.9. The summed E-state index contributed by atoms with van der Waals surface area (Å²) in [4.78, 5) is 12.0. The van der Waals surface area contributed by atoms with Crippen LogP contribution in [-0.2, 0) is 4.74 Å². The molecule has 1 atom stereocenters. The van der Waals surface area contributed by atoms with E-state index in [-0.39, 0.29) is 23.3 Å². The summed E-state index contributed by atoms with van der Waals surface area (Å²) < 4.78 is 19.0. The number of amides is 1. The number of hydrogen-bond donors (Lipinski definition) is 3. The Hall–Kier alpha value is -1.66. The zero-order chi connectivity index (χ0) is 13.7. The number of hydrogen-bond acceptors (Lipinski definition) is 4. The van der Waals surface area contributed by atoms with Gasteiger partial charge in [-0.15, -0.1) is 0 Å². The van der Waals surface area contributed by atoms with Crippen LogP contribution in [0.2, 0.25) is 0 Å². The third kappa shape index (κ3) is 3.42. The van der Waals surface area contributed by atoms with Crippen LogP contribution >= 0.6 is 0 Å². The van der Waals surface area contributed by atoms with Crippen molar-refractivity contribution in [2.75, 3.05) is 18.6 Å². The highest BCUT2D eigenvalue weighted by atomic mass is 19.1. The van der Waals surface area contributed by atoms with Gasteiger partial charge in [0.2, 0.25) is 0 Å². The van der Waals surface area contributed by atoms with Gasteiger partial charge in [-0.3, -0.25) is 10.6 Å². The second-order valence-electron chi connectivity index (χ2n) is 4.51. The monoisotopic (exact) mass is 267 g/mol. The molecule has 5 nitrogen and oxygen atoms in total. The Morgan fingerprint density at radius 2 is 2.32 bits per heavy atom. The first-order valence-corrected chi connectivity index (χ1v) is 6.37. The summed E-state index contributed by atoms with van der Waals surface area (Å²) in [6, 6.07) is 4.24. The van der Waals surface area contributed by atoms with Gasteiger partial charge >= 0.3 is 0 Å². The van der Waals surface area contributed by atoms with Crippen molar-refractivity contribution in [3.8, 4) is 0 Å². The van der Waals surface area contributed by atoms with Crippen LogP contribution in [-0.4, -0.2) is 25.2 Å². The van der Waals surface area contributed by atoms with Crippen molar-refractivity contribution in [1.29, 1.82) is 0 Å². The third-order valence-corrected chi connectivity index (χ3v) is 3.17. The molecule has 19 heavy (non-hydrogen) atoms. The van der Waals surface area contributed by atoms with E-state index in [1.807, 2.05) is 0 Å². The van der Waals surface area contributed by atoms with Crippen LogP contribution in [0.4, 0.5) is 10.1 Å². The van der Waals surface area contributed by atoms with Gasteiger partial charge in [0.05, 0.1) is 17.4 Å². The van der Waals surface area contributed by atoms with E-state index in [0.717, 1.165) is 25.9 Å². The number of hydrazine groups is 1. The minimum Gasteiger partial charge on any atom is -0.376 e. The minimum absolute atomic E-state index is 0.00422. The number of nitrogen functional groups attached to an aromatic ring is 1. The number of anilines is 1. The highest BCUT2D eigenvalue weighted by Gasteiger charge is 2.18. The number of nitrogens with two attached hydrogens (primary N) is 1. The van der Waals surface area contributed by atoms with E-state index in [0.29, 0.717) is 6.54 Å². The SMILES string of the molecule is NNc1c(F)cccc1C(=O)NCC1CCCCO1. The largest absolute Gasteiger partial charge is 0.376 e. The first-order chi connectivity index (χ1) is 9.22. The average molecular weight is 267 g/mol. The zero-order valence-corrected chi connectivity index (χ0v) is 10.6. The van der Waals surface area contributed by atoms with Crippen LogP contribution in [0.3, 0.4) is 0 Å². The van der Waals surface area contributed by atoms with Gasteiger partial charge in [-0.2, -0.15) is 0 Å². The van der Waals surface area contributed by atoms with Gasteiger partial charge in [-0.25, -0.2) is 4.39 Å². The lowest BCUT2D eigenvalue weighted by Gasteiger charge is -2.22. The maximum absolute atomic E-state index is 13.5. The van der Waals surface area contributed by atoms with Crippen LogP contribution < -0.4 is 16.6 Å². The molecule has 1 aromatic carbocycles. The standard InChI is InChI=1S/C13H18FN3O2/c14-11-6-3-5-10(12(11)17-15)13(18)16-8-9-4-1-2-7-19-9/h3,5-6,9,17H,1-2,4,7-8,15H2,(H,16,18). The van der Waals surface area contributed by atoms with E-state index in [9.17, 15) is 9.18 Å². The molecular formula is C13H18FN3O2. The van der Waals surface area contributed by atoms with Gasteiger partial charge in [0.1, 0.15) is 5.82 Å². The molecule has 6 heteroatoms. The average Bonchev–Trinajstić information content (AvgIpc) is 2.45. The van der Waals surface area contributed by atoms with E-state index in [1.54, 1.807) is 0 Å². The molecule has 0 aromatic heterocycles. The summed E-state index contributed by atoms with van der Waals surface area (Å²) in [7, 11) is 0. The van der Waals surface area contributed by atoms with Gasteiger partial charge in [-0.1, -0.05) is 6.07 Å². The number of ether oxygens (including phenoxy) is 1. The Morgan fingerprint density at radius 1 is 1.47 bits per heavy atom. The van der Waals surface area contributed by atoms with Crippen LogP contribution in [0.25, 0.3) is 0 Å². The zero-order valence-electron chi connectivity index (χ0n) is 10.6. The van der Waals surface area contributed by atoms with Crippen molar-refractivity contribution in [3.05, 3.63) is 29.6 Å². The van der Waals surface area contributed by atoms with Crippen molar-refractivity contribution in [2.45, 2.75) is 25.4 Å². The number of carbonyl (C=O) groups is 1. The molecule has 2 rings (SSSR count). The van der Waals surface area contributed by atoms with Crippen LogP contribution in [0.1, 0.15) is 29.6 Å². The summed E-state index contributed by atoms with van der Waals surface area (Å²) in [6.07, 6.45) is 3.15. The van der Waals surface area contributed by atoms with E-state index in [4.69, 9.17) is 10.6 Å². The predicted molar refractivity (Wildman–Crippen MR) is 70.1 cm³/mol. The van der Waals surface area contributed by atoms with Crippen LogP contribution in [0, 0.1) is 5.82 Å². The maximum Gasteiger partial charge on any atom is 0.253 e. The molecule has 1 amide bonds. The van der Waals surface area contributed by atoms with Crippen molar-refractivity contribution in [3.63, 3.8) is 0 Å². The number of benzene rings is 1. The molecule has 1 aromatic rings. The Morgan fingerprint density at radius 3 is 3.00 bits per heavy atom. The second kappa shape index (κ2) is 6.49. The quantitative estimate of drug-likeness (QED) is 0.569. The number of carbonyl (C=O) groups excluding carboxylic acids is 1. The second-order valence-corrected chi connectivity index (χ2v) is 4.51. The molecule has 1 unspecified atom stereocenters. The fourth-order valence-corrected chi connectivity index (χ4v) is 2.13. The summed E-state index contributed by atoms with van der Waals surface area (Å²) in [5.74, 6) is 4.32. The third-order valence-electron chi connectivity index (χ3n) is 3.17. The van der Waals surface area contributed by atoms with Gasteiger partial charge in [-0.05, 0) is 31.4 Å². The lowest BCUT2D eigenvalue weighted by molar-refractivity contribution is 0.0169. The Labute approximate surface area is 111 Å². The Balaban J connectivity index is 1.97. The van der Waals surface area contributed by atoms with Gasteiger partial charge < -0.3 is 15.5 Å². The van der Waals surface area contributed by atoms with Gasteiger partial charge in [0.15, 0.2) is 0 Å². The van der Waals surface area contributed by atoms with Crippen LogP contribution in [0.15, 0.2) is 18.2 Å². The number of halogens is 1. The summed E-state index contributed by atoms with van der Waals surface area (Å²) in [5.41, 5.74) is 2.41. The van der Waals surface area contributed by atoms with E-state index in [1.165, 1.54) is 18.2 Å². The smallest absolute Gasteiger partial charge is 0.253 e. The molecule has 104 valence electrons. The van der Waals surface area contributed by atoms with Crippen molar-refractivity contribution >= 4 is 11.6 Å². The lowest BCUT2D eigenvalue weighted by atomic mass is 10.1. The van der Waals surface area contributed by atoms with Gasteiger partial charge in [0, 0.05) is 13.2 Å². The molecule has 1 saturated heterocycles. The minimum atomic E-state index is -0.552. The molecule has 1 aliphatic rings. The van der Waals surface area contributed by atoms with E-state index >= 15 is 0 Å². The Bertz CT molecular complexity index is 448. The highest BCUT2D eigenvalue weighted by molar-refractivity contribution is 5.99. The molecule has 0 saturated carbocycles. The molecule has 0 radical (unpaired) electrons. The van der Waals surface area contributed by atoms with Crippen molar-refractivity contribution in [2.24, 2.45) is 5.84 Å². The van der Waals surface area contributed by atoms with Crippen LogP contribution in [0.5, 0.6) is 0 Å². The first-order valence-electron chi connectivity index (χ1n) is 6.37. The predicted octanol–water partition coefficient (Wildman–Crippen LogP) is 1.41. The molecule has 0 spiro atoms. The lowest BCUT2D eigenvalue weighted by Crippen LogP contribution is -2.36. The summed E-state index contributed by atoms with van der Waals surface area (Å²) in [5, 5.41) is 2.74. The molecule has 0 bridgehead atoms. The summed E-state index contributed by atoms with van der Waals surface area (Å²) in [6.45, 7) is 1.16. The first kappa shape index (κ1) is 13.8. The van der Waals surface area contributed by atoms with Gasteiger partial charge in [0.25, 0.3) is 5.91 Å². The van der Waals surface area contributed by atoms with E-state index in [2.05, 4.69) is 10.7 Å². The van der Waals surface area contributed by atoms with Crippen molar-refractivity contribution < 1.29 is 13.9 Å². The highest BCUT2D eigenvalue weighted by Crippen LogP contribution is 2.18. The molecule has 1 fully saturated rings. The molecule has 1 aliphatic heterocycles. The Kier molecular flexibility index (Phi) is 4.70. The maximum atomic E-state index is 13.5. The molecular weight excluding hydrogens is 249 g/mol. The molecule has 0 aliphatic carbocycles. The number of para-hydroxylation sites is 1. The molecule has 1 heterocycles. The fourth-order valence-electron chi connectivity index (χ4n) is 2.13. The van der Waals surface area contributed by atoms with E-state index < -0.39 is 5.82 Å². The number of rotatable bonds is 4. The van der Waals surface area contributed by atoms with Crippen molar-refractivity contribution in [1.82, 2.24) is 5.32 Å². The fraction of sp³-hybridized carbons (Fsp3) is 0.462. The summed E-state index contributed by atoms with van der Waals surface area (Å²) >= 11 is 0. The number of nitrogens with one attached hydrogen (secondary N) is 2. The topological polar surface area (TPSA) is 76.4 Å². The molecule has 4 N–H and O–H groups in total.